The number of nitrogens with zero attached hydrogens (tertiary/aromatic N) is 4. The Morgan fingerprint density at radius 1 is 1.03 bits per heavy atom. The van der Waals surface area contributed by atoms with Crippen LogP contribution in [0.1, 0.15) is 56.0 Å². The van der Waals surface area contributed by atoms with Gasteiger partial charge in [-0.2, -0.15) is 0 Å². The number of hydrogen-bond donors (Lipinski definition) is 1. The third-order valence-corrected chi connectivity index (χ3v) is 9.80. The number of aromatic hydroxyl groups is 1. The van der Waals surface area contributed by atoms with E-state index in [4.69, 9.17) is 4.74 Å². The number of aromatic nitrogens is 3. The molecule has 8 rings (SSSR count). The Kier molecular flexibility index (Phi) is 5.62. The summed E-state index contributed by atoms with van der Waals surface area (Å²) < 4.78 is 6.85. The van der Waals surface area contributed by atoms with Crippen molar-refractivity contribution in [3.05, 3.63) is 69.5 Å². The van der Waals surface area contributed by atoms with E-state index in [9.17, 15) is 9.90 Å². The van der Waals surface area contributed by atoms with Gasteiger partial charge in [0.1, 0.15) is 10.8 Å². The van der Waals surface area contributed by atoms with Crippen molar-refractivity contribution in [3.8, 4) is 17.3 Å². The summed E-state index contributed by atoms with van der Waals surface area (Å²) in [6, 6.07) is 14.4. The van der Waals surface area contributed by atoms with Crippen molar-refractivity contribution in [2.75, 3.05) is 6.61 Å². The fraction of sp³-hybridized carbons (Fsp3) is 0.400. The van der Waals surface area contributed by atoms with Crippen LogP contribution in [0.5, 0.6) is 11.6 Å². The van der Waals surface area contributed by atoms with E-state index >= 15 is 0 Å². The zero-order valence-corrected chi connectivity index (χ0v) is 22.2. The number of fused-ring (bicyclic) bond motifs is 1. The third kappa shape index (κ3) is 3.85. The molecule has 0 spiro atoms. The highest BCUT2D eigenvalue weighted by atomic mass is 32.1. The van der Waals surface area contributed by atoms with E-state index in [0.29, 0.717) is 39.5 Å². The lowest BCUT2D eigenvalue weighted by Crippen LogP contribution is -2.48. The molecule has 0 aliphatic heterocycles. The molecule has 4 aliphatic rings. The third-order valence-electron chi connectivity index (χ3n) is 8.72. The predicted molar refractivity (Wildman–Crippen MR) is 149 cm³/mol. The maximum atomic E-state index is 13.4. The molecule has 4 aliphatic carbocycles. The maximum Gasteiger partial charge on any atom is 0.265 e. The first-order valence-corrected chi connectivity index (χ1v) is 14.3. The molecule has 2 heterocycles. The first kappa shape index (κ1) is 23.6. The van der Waals surface area contributed by atoms with Gasteiger partial charge < -0.3 is 9.84 Å². The van der Waals surface area contributed by atoms with E-state index in [0.717, 1.165) is 22.8 Å². The van der Waals surface area contributed by atoms with Crippen molar-refractivity contribution in [2.45, 2.75) is 50.9 Å². The first-order chi connectivity index (χ1) is 18.5. The van der Waals surface area contributed by atoms with Crippen LogP contribution in [0.15, 0.2) is 58.3 Å². The minimum absolute atomic E-state index is 0.160. The Labute approximate surface area is 224 Å². The Morgan fingerprint density at radius 3 is 2.34 bits per heavy atom. The summed E-state index contributed by atoms with van der Waals surface area (Å²) in [5.74, 6) is 3.06. The highest BCUT2D eigenvalue weighted by Gasteiger charge is 2.53. The van der Waals surface area contributed by atoms with Gasteiger partial charge in [0.15, 0.2) is 0 Å². The smallest absolute Gasteiger partial charge is 0.265 e. The number of aliphatic imine (C=N–C) groups is 1. The second-order valence-corrected chi connectivity index (χ2v) is 12.2. The minimum atomic E-state index is -0.292. The molecule has 38 heavy (non-hydrogen) atoms. The Bertz CT molecular complexity index is 1570. The van der Waals surface area contributed by atoms with Gasteiger partial charge in [0.2, 0.25) is 11.0 Å². The SMILES string of the molecule is CCOc1ccc(-n2c(O)c(C=Nc3nnc(C45CC6CC(CC(C6)C4)C5)s3)c3ccccc3c2=O)cc1. The zero-order valence-electron chi connectivity index (χ0n) is 21.3. The van der Waals surface area contributed by atoms with Gasteiger partial charge in [-0.25, -0.2) is 9.56 Å². The van der Waals surface area contributed by atoms with Gasteiger partial charge in [-0.05, 0) is 93.5 Å². The molecule has 0 amide bonds. The first-order valence-electron chi connectivity index (χ1n) is 13.5. The molecule has 4 saturated carbocycles. The molecule has 0 unspecified atom stereocenters. The summed E-state index contributed by atoms with van der Waals surface area (Å²) in [6.45, 7) is 2.47. The average molecular weight is 527 g/mol. The van der Waals surface area contributed by atoms with Crippen LogP contribution in [-0.4, -0.2) is 32.7 Å². The number of hydrogen-bond acceptors (Lipinski definition) is 7. The van der Waals surface area contributed by atoms with Gasteiger partial charge in [0.25, 0.3) is 5.56 Å². The van der Waals surface area contributed by atoms with E-state index in [-0.39, 0.29) is 16.9 Å². The van der Waals surface area contributed by atoms with Crippen LogP contribution in [-0.2, 0) is 5.41 Å². The number of benzene rings is 2. The van der Waals surface area contributed by atoms with Crippen molar-refractivity contribution in [1.29, 1.82) is 0 Å². The standard InChI is InChI=1S/C30H30N4O3S/c1-2-37-22-9-7-21(8-10-22)34-26(35)24-6-4-3-5-23(24)25(27(34)36)17-31-29-33-32-28(38-29)30-14-18-11-19(15-30)13-20(12-18)16-30/h3-10,17-20,36H,2,11-16H2,1H3. The fourth-order valence-corrected chi connectivity index (χ4v) is 8.47. The molecule has 8 heteroatoms. The lowest BCUT2D eigenvalue weighted by molar-refractivity contribution is -0.00555. The van der Waals surface area contributed by atoms with Crippen LogP contribution in [0.2, 0.25) is 0 Å². The molecule has 1 N–H and O–H groups in total. The van der Waals surface area contributed by atoms with Gasteiger partial charge in [0.05, 0.1) is 17.9 Å². The molecule has 2 aromatic heterocycles. The topological polar surface area (TPSA) is 89.6 Å². The van der Waals surface area contributed by atoms with Crippen molar-refractivity contribution >= 4 is 33.5 Å². The van der Waals surface area contributed by atoms with Gasteiger partial charge >= 0.3 is 0 Å². The molecular weight excluding hydrogens is 496 g/mol. The van der Waals surface area contributed by atoms with Crippen molar-refractivity contribution in [1.82, 2.24) is 14.8 Å². The molecule has 0 radical (unpaired) electrons. The summed E-state index contributed by atoms with van der Waals surface area (Å²) in [5, 5.41) is 23.3. The second-order valence-electron chi connectivity index (χ2n) is 11.2. The molecule has 2 aromatic carbocycles. The van der Waals surface area contributed by atoms with Crippen LogP contribution < -0.4 is 10.3 Å². The molecule has 0 atom stereocenters. The molecule has 0 saturated heterocycles. The molecule has 4 fully saturated rings. The molecule has 4 bridgehead atoms. The van der Waals surface area contributed by atoms with Crippen LogP contribution >= 0.6 is 11.3 Å². The predicted octanol–water partition coefficient (Wildman–Crippen LogP) is 6.16. The zero-order chi connectivity index (χ0) is 25.9. The van der Waals surface area contributed by atoms with E-state index in [1.54, 1.807) is 47.9 Å². The van der Waals surface area contributed by atoms with Gasteiger partial charge in [-0.1, -0.05) is 29.5 Å². The summed E-state index contributed by atoms with van der Waals surface area (Å²) >= 11 is 1.58. The quantitative estimate of drug-likeness (QED) is 0.304. The highest BCUT2D eigenvalue weighted by Crippen LogP contribution is 2.61. The van der Waals surface area contributed by atoms with Gasteiger partial charge in [-0.15, -0.1) is 10.2 Å². The van der Waals surface area contributed by atoms with E-state index < -0.39 is 0 Å². The largest absolute Gasteiger partial charge is 0.494 e. The molecule has 7 nitrogen and oxygen atoms in total. The van der Waals surface area contributed by atoms with Gasteiger partial charge in [0, 0.05) is 22.4 Å². The molecule has 4 aromatic rings. The minimum Gasteiger partial charge on any atom is -0.494 e. The maximum absolute atomic E-state index is 13.4. The number of rotatable bonds is 6. The normalized spacial score (nSPS) is 26.0. The molecular formula is C30H30N4O3S. The van der Waals surface area contributed by atoms with E-state index in [2.05, 4.69) is 15.2 Å². The van der Waals surface area contributed by atoms with E-state index in [1.807, 2.05) is 25.1 Å². The summed E-state index contributed by atoms with van der Waals surface area (Å²) in [5.41, 5.74) is 0.909. The second kappa shape index (κ2) is 9.05. The number of pyridine rings is 1. The van der Waals surface area contributed by atoms with Gasteiger partial charge in [-0.3, -0.25) is 4.79 Å². The van der Waals surface area contributed by atoms with E-state index in [1.165, 1.54) is 43.1 Å². The Hall–Kier alpha value is -3.52. The Morgan fingerprint density at radius 2 is 1.68 bits per heavy atom. The van der Waals surface area contributed by atoms with Crippen molar-refractivity contribution < 1.29 is 9.84 Å². The highest BCUT2D eigenvalue weighted by molar-refractivity contribution is 7.15. The summed E-state index contributed by atoms with van der Waals surface area (Å²) in [7, 11) is 0. The Balaban J connectivity index is 1.26. The lowest BCUT2D eigenvalue weighted by atomic mass is 9.50. The lowest BCUT2D eigenvalue weighted by Gasteiger charge is -2.55. The fourth-order valence-electron chi connectivity index (χ4n) is 7.56. The summed E-state index contributed by atoms with van der Waals surface area (Å²) in [6.07, 6.45) is 9.48. The number of ether oxygens (including phenoxy) is 1. The molecule has 194 valence electrons. The van der Waals surface area contributed by atoms with Crippen molar-refractivity contribution in [3.63, 3.8) is 0 Å². The van der Waals surface area contributed by atoms with Crippen LogP contribution in [0.25, 0.3) is 16.5 Å². The van der Waals surface area contributed by atoms with Crippen LogP contribution in [0.4, 0.5) is 5.13 Å². The monoisotopic (exact) mass is 526 g/mol. The summed E-state index contributed by atoms with van der Waals surface area (Å²) in [4.78, 5) is 18.1. The average Bonchev–Trinajstić information content (AvgIpc) is 3.39. The van der Waals surface area contributed by atoms with Crippen LogP contribution in [0, 0.1) is 17.8 Å². The van der Waals surface area contributed by atoms with Crippen LogP contribution in [0.3, 0.4) is 0 Å². The van der Waals surface area contributed by atoms with Crippen molar-refractivity contribution in [2.24, 2.45) is 22.7 Å².